The second-order valence-electron chi connectivity index (χ2n) is 4.61. The lowest BCUT2D eigenvalue weighted by atomic mass is 10.1. The number of carbonyl (C=O) groups is 1. The van der Waals surface area contributed by atoms with E-state index >= 15 is 0 Å². The van der Waals surface area contributed by atoms with Crippen LogP contribution >= 0.6 is 0 Å². The molecular weight excluding hydrogens is 242 g/mol. The summed E-state index contributed by atoms with van der Waals surface area (Å²) in [5, 5.41) is 11.5. The fourth-order valence-electron chi connectivity index (χ4n) is 2.06. The molecule has 1 aliphatic rings. The monoisotopic (exact) mass is 259 g/mol. The minimum absolute atomic E-state index is 0.0170. The number of anilines is 1. The van der Waals surface area contributed by atoms with Crippen LogP contribution in [0.25, 0.3) is 0 Å². The lowest BCUT2D eigenvalue weighted by Gasteiger charge is -2.09. The highest BCUT2D eigenvalue weighted by atomic mass is 16.5. The minimum Gasteiger partial charge on any atom is -0.384 e. The van der Waals surface area contributed by atoms with Gasteiger partial charge in [0.25, 0.3) is 0 Å². The quantitative estimate of drug-likeness (QED) is 0.789. The Labute approximate surface area is 112 Å². The first-order valence-corrected chi connectivity index (χ1v) is 6.31. The van der Waals surface area contributed by atoms with Crippen LogP contribution < -0.4 is 5.32 Å². The molecule has 4 nitrogen and oxygen atoms in total. The van der Waals surface area contributed by atoms with E-state index in [4.69, 9.17) is 9.84 Å². The largest absolute Gasteiger partial charge is 0.384 e. The maximum absolute atomic E-state index is 12.0. The second-order valence-corrected chi connectivity index (χ2v) is 4.61. The van der Waals surface area contributed by atoms with Crippen LogP contribution in [0.15, 0.2) is 24.3 Å². The van der Waals surface area contributed by atoms with Gasteiger partial charge in [0.05, 0.1) is 18.6 Å². The molecule has 0 aliphatic carbocycles. The number of ether oxygens (including phenoxy) is 1. The number of hydrogen-bond acceptors (Lipinski definition) is 3. The fourth-order valence-corrected chi connectivity index (χ4v) is 2.06. The van der Waals surface area contributed by atoms with Crippen molar-refractivity contribution in [3.8, 4) is 11.8 Å². The zero-order valence-electron chi connectivity index (χ0n) is 10.8. The van der Waals surface area contributed by atoms with E-state index in [0.29, 0.717) is 12.3 Å². The first-order chi connectivity index (χ1) is 9.19. The van der Waals surface area contributed by atoms with E-state index in [1.807, 2.05) is 25.1 Å². The number of nitrogens with one attached hydrogen (secondary N) is 1. The van der Waals surface area contributed by atoms with E-state index in [1.54, 1.807) is 6.07 Å². The summed E-state index contributed by atoms with van der Waals surface area (Å²) in [6.07, 6.45) is 0.910. The average molecular weight is 259 g/mol. The Balaban J connectivity index is 2.00. The number of amides is 1. The lowest BCUT2D eigenvalue weighted by Crippen LogP contribution is -2.23. The predicted octanol–water partition coefficient (Wildman–Crippen LogP) is 1.39. The molecule has 0 bridgehead atoms. The summed E-state index contributed by atoms with van der Waals surface area (Å²) in [5.41, 5.74) is 1.48. The van der Waals surface area contributed by atoms with Gasteiger partial charge in [0.1, 0.15) is 6.61 Å². The molecule has 4 heteroatoms. The maximum Gasteiger partial charge on any atom is 0.229 e. The van der Waals surface area contributed by atoms with Gasteiger partial charge in [-0.25, -0.2) is 0 Å². The second kappa shape index (κ2) is 6.37. The van der Waals surface area contributed by atoms with Gasteiger partial charge in [0.2, 0.25) is 5.91 Å². The molecule has 2 unspecified atom stereocenters. The summed E-state index contributed by atoms with van der Waals surface area (Å²) in [6, 6.07) is 7.27. The van der Waals surface area contributed by atoms with E-state index in [1.165, 1.54) is 0 Å². The average Bonchev–Trinajstić information content (AvgIpc) is 2.83. The van der Waals surface area contributed by atoms with E-state index in [2.05, 4.69) is 17.2 Å². The molecule has 1 heterocycles. The topological polar surface area (TPSA) is 58.6 Å². The van der Waals surface area contributed by atoms with Gasteiger partial charge in [-0.2, -0.15) is 0 Å². The van der Waals surface area contributed by atoms with Crippen molar-refractivity contribution >= 4 is 11.6 Å². The standard InChI is InChI=1S/C15H17NO3/c1-11-8-13(10-19-11)15(18)16-14-6-2-4-12(9-14)5-3-7-17/h2,4,6,9,11,13,17H,7-8,10H2,1H3,(H,16,18). The molecule has 2 atom stereocenters. The Bertz CT molecular complexity index is 516. The Morgan fingerprint density at radius 3 is 3.11 bits per heavy atom. The van der Waals surface area contributed by atoms with Crippen molar-refractivity contribution < 1.29 is 14.6 Å². The highest BCUT2D eigenvalue weighted by Crippen LogP contribution is 2.21. The Morgan fingerprint density at radius 1 is 1.58 bits per heavy atom. The van der Waals surface area contributed by atoms with Crippen LogP contribution in [0.4, 0.5) is 5.69 Å². The van der Waals surface area contributed by atoms with Crippen molar-refractivity contribution in [1.82, 2.24) is 0 Å². The molecule has 0 radical (unpaired) electrons. The third-order valence-corrected chi connectivity index (χ3v) is 3.01. The molecule has 1 aromatic carbocycles. The third kappa shape index (κ3) is 3.82. The molecule has 0 spiro atoms. The van der Waals surface area contributed by atoms with E-state index in [0.717, 1.165) is 12.0 Å². The Morgan fingerprint density at radius 2 is 2.42 bits per heavy atom. The van der Waals surface area contributed by atoms with Crippen LogP contribution in [0.5, 0.6) is 0 Å². The SMILES string of the molecule is CC1CC(C(=O)Nc2cccc(C#CCO)c2)CO1. The third-order valence-electron chi connectivity index (χ3n) is 3.01. The zero-order chi connectivity index (χ0) is 13.7. The number of rotatable bonds is 2. The van der Waals surface area contributed by atoms with Gasteiger partial charge in [-0.05, 0) is 31.5 Å². The molecule has 1 fully saturated rings. The van der Waals surface area contributed by atoms with E-state index in [-0.39, 0.29) is 24.5 Å². The zero-order valence-corrected chi connectivity index (χ0v) is 10.8. The molecule has 0 saturated carbocycles. The number of benzene rings is 1. The smallest absolute Gasteiger partial charge is 0.229 e. The van der Waals surface area contributed by atoms with Crippen LogP contribution in [0, 0.1) is 17.8 Å². The fraction of sp³-hybridized carbons (Fsp3) is 0.400. The van der Waals surface area contributed by atoms with Gasteiger partial charge in [0, 0.05) is 11.3 Å². The molecule has 0 aromatic heterocycles. The van der Waals surface area contributed by atoms with Gasteiger partial charge in [-0.15, -0.1) is 0 Å². The van der Waals surface area contributed by atoms with Crippen LogP contribution in [0.2, 0.25) is 0 Å². The van der Waals surface area contributed by atoms with Crippen molar-refractivity contribution in [2.24, 2.45) is 5.92 Å². The summed E-state index contributed by atoms with van der Waals surface area (Å²) in [7, 11) is 0. The molecule has 1 aromatic rings. The molecule has 1 saturated heterocycles. The minimum atomic E-state index is -0.173. The number of carbonyl (C=O) groups excluding carboxylic acids is 1. The van der Waals surface area contributed by atoms with Crippen LogP contribution in [0.1, 0.15) is 18.9 Å². The van der Waals surface area contributed by atoms with E-state index in [9.17, 15) is 4.79 Å². The first kappa shape index (κ1) is 13.6. The summed E-state index contributed by atoms with van der Waals surface area (Å²) in [6.45, 7) is 2.28. The van der Waals surface area contributed by atoms with Crippen molar-refractivity contribution in [2.45, 2.75) is 19.4 Å². The van der Waals surface area contributed by atoms with E-state index < -0.39 is 0 Å². The summed E-state index contributed by atoms with van der Waals surface area (Å²) < 4.78 is 5.39. The molecule has 100 valence electrons. The molecule has 2 N–H and O–H groups in total. The van der Waals surface area contributed by atoms with Crippen molar-refractivity contribution in [2.75, 3.05) is 18.5 Å². The molecule has 19 heavy (non-hydrogen) atoms. The van der Waals surface area contributed by atoms with Crippen molar-refractivity contribution in [1.29, 1.82) is 0 Å². The summed E-state index contributed by atoms with van der Waals surface area (Å²) in [5.74, 6) is 5.29. The highest BCUT2D eigenvalue weighted by Gasteiger charge is 2.28. The molecular formula is C15H17NO3. The Kier molecular flexibility index (Phi) is 4.56. The van der Waals surface area contributed by atoms with Gasteiger partial charge in [-0.3, -0.25) is 4.79 Å². The maximum atomic E-state index is 12.0. The predicted molar refractivity (Wildman–Crippen MR) is 72.6 cm³/mol. The van der Waals surface area contributed by atoms with Gasteiger partial charge in [-0.1, -0.05) is 17.9 Å². The highest BCUT2D eigenvalue weighted by molar-refractivity contribution is 5.93. The molecule has 1 amide bonds. The van der Waals surface area contributed by atoms with Crippen LogP contribution in [0.3, 0.4) is 0 Å². The summed E-state index contributed by atoms with van der Waals surface area (Å²) >= 11 is 0. The first-order valence-electron chi connectivity index (χ1n) is 6.31. The number of aliphatic hydroxyl groups excluding tert-OH is 1. The van der Waals surface area contributed by atoms with Crippen molar-refractivity contribution in [3.05, 3.63) is 29.8 Å². The van der Waals surface area contributed by atoms with Gasteiger partial charge < -0.3 is 15.2 Å². The van der Waals surface area contributed by atoms with Crippen molar-refractivity contribution in [3.63, 3.8) is 0 Å². The van der Waals surface area contributed by atoms with Gasteiger partial charge in [0.15, 0.2) is 0 Å². The Hall–Kier alpha value is -1.83. The lowest BCUT2D eigenvalue weighted by molar-refractivity contribution is -0.119. The normalized spacial score (nSPS) is 21.6. The van der Waals surface area contributed by atoms with Crippen LogP contribution in [-0.2, 0) is 9.53 Å². The van der Waals surface area contributed by atoms with Crippen LogP contribution in [-0.4, -0.2) is 30.3 Å². The molecule has 2 rings (SSSR count). The van der Waals surface area contributed by atoms with Gasteiger partial charge >= 0.3 is 0 Å². The number of aliphatic hydroxyl groups is 1. The number of hydrogen-bond donors (Lipinski definition) is 2. The molecule has 1 aliphatic heterocycles. The summed E-state index contributed by atoms with van der Waals surface area (Å²) in [4.78, 5) is 12.0.